The Balaban J connectivity index is 1.29. The molecule has 2 N–H and O–H groups in total. The van der Waals surface area contributed by atoms with Crippen LogP contribution in [0.5, 0.6) is 0 Å². The largest absolute Gasteiger partial charge is 0.354 e. The molecule has 470 valence electrons. The molecule has 8 bridgehead atoms. The van der Waals surface area contributed by atoms with Gasteiger partial charge in [0.1, 0.15) is 0 Å². The summed E-state index contributed by atoms with van der Waals surface area (Å²) < 4.78 is 0. The van der Waals surface area contributed by atoms with E-state index in [0.717, 1.165) is 83.5 Å². The summed E-state index contributed by atoms with van der Waals surface area (Å²) in [6.45, 7) is 0. The molecule has 3 aromatic heterocycles. The van der Waals surface area contributed by atoms with Crippen LogP contribution in [0.15, 0.2) is 322 Å². The summed E-state index contributed by atoms with van der Waals surface area (Å²) in [5, 5.41) is 38.5. The highest BCUT2D eigenvalue weighted by molar-refractivity contribution is 6.20. The molecule has 0 aliphatic carbocycles. The second-order valence-electron chi connectivity index (χ2n) is 24.1. The van der Waals surface area contributed by atoms with E-state index in [1.807, 2.05) is 146 Å². The number of benzene rings is 11. The second kappa shape index (κ2) is 25.5. The first-order valence-corrected chi connectivity index (χ1v) is 32.2. The Labute approximate surface area is 567 Å². The Kier molecular flexibility index (Phi) is 15.5. The van der Waals surface area contributed by atoms with Crippen molar-refractivity contribution in [3.8, 4) is 77.9 Å². The first-order chi connectivity index (χ1) is 48.6. The molecule has 16 rings (SSSR count). The maximum absolute atomic E-state index is 12.9. The van der Waals surface area contributed by atoms with Crippen molar-refractivity contribution in [1.29, 1.82) is 0 Å². The third-order valence-electron chi connectivity index (χ3n) is 18.3. The molecule has 0 atom stereocenters. The smallest absolute Gasteiger partial charge is 0.269 e. The van der Waals surface area contributed by atoms with Crippen LogP contribution in [-0.4, -0.2) is 34.7 Å². The van der Waals surface area contributed by atoms with E-state index < -0.39 is 14.8 Å². The van der Waals surface area contributed by atoms with Gasteiger partial charge < -0.3 is 9.97 Å². The number of nitro groups is 3. The van der Waals surface area contributed by atoms with Gasteiger partial charge in [0.25, 0.3) is 17.1 Å². The van der Waals surface area contributed by atoms with Gasteiger partial charge in [-0.1, -0.05) is 243 Å². The average Bonchev–Trinajstić information content (AvgIpc) is 1.56. The number of aromatic amines is 2. The number of hydrogen-bond donors (Lipinski definition) is 2. The fourth-order valence-electron chi connectivity index (χ4n) is 14.0. The molecule has 5 heterocycles. The third-order valence-corrected chi connectivity index (χ3v) is 18.3. The van der Waals surface area contributed by atoms with Crippen LogP contribution in [0.25, 0.3) is 122 Å². The minimum atomic E-state index is -0.410. The van der Waals surface area contributed by atoms with Crippen molar-refractivity contribution < 1.29 is 14.8 Å². The van der Waals surface area contributed by atoms with Crippen LogP contribution in [0, 0.1) is 30.3 Å². The van der Waals surface area contributed by atoms with Gasteiger partial charge >= 0.3 is 0 Å². The molecule has 0 amide bonds. The second-order valence-corrected chi connectivity index (χ2v) is 24.1. The molecule has 0 radical (unpaired) electrons. The van der Waals surface area contributed by atoms with Crippen LogP contribution in [0.2, 0.25) is 0 Å². The van der Waals surface area contributed by atoms with Gasteiger partial charge in [0.15, 0.2) is 0 Å². The van der Waals surface area contributed by atoms with Crippen molar-refractivity contribution in [3.05, 3.63) is 397 Å². The van der Waals surface area contributed by atoms with E-state index in [9.17, 15) is 30.3 Å². The fraction of sp³-hybridized carbons (Fsp3) is 0. The third kappa shape index (κ3) is 10.9. The summed E-state index contributed by atoms with van der Waals surface area (Å²) >= 11 is 0. The van der Waals surface area contributed by atoms with Crippen molar-refractivity contribution in [2.45, 2.75) is 0 Å². The highest BCUT2D eigenvalue weighted by Gasteiger charge is 2.35. The molecule has 2 aliphatic rings. The fourth-order valence-corrected chi connectivity index (χ4v) is 14.0. The number of fused-ring (bicyclic) bond motifs is 8. The van der Waals surface area contributed by atoms with Crippen LogP contribution in [0.4, 0.5) is 17.1 Å². The highest BCUT2D eigenvalue weighted by atomic mass is 16.6. The molecule has 11 aromatic carbocycles. The van der Waals surface area contributed by atoms with E-state index in [-0.39, 0.29) is 17.1 Å². The number of hydrogen-bond acceptors (Lipinski definition) is 8. The molecule has 13 nitrogen and oxygen atoms in total. The van der Waals surface area contributed by atoms with E-state index in [1.54, 1.807) is 36.4 Å². The SMILES string of the molecule is O=[N+]([O-])c1ccc(-c2c3nc(c(-c4ccc([N+](=O)[O-])cc4)c4[nH]c(c(-c5ccc([N+](=O)[O-])cc5)c5nc(cc6[nH]c2c(-c2ccccc2)c6-c2ccccc2)C(c2ccccc2)=C5c2ccccc2)c(-c2ccccc2)c4-c2ccccc2)C(c2ccccc2)=C3c2ccccc2)cc1. The van der Waals surface area contributed by atoms with E-state index >= 15 is 0 Å². The first kappa shape index (κ1) is 60.2. The lowest BCUT2D eigenvalue weighted by molar-refractivity contribution is -0.385. The summed E-state index contributed by atoms with van der Waals surface area (Å²) in [7, 11) is 0. The predicted octanol–water partition coefficient (Wildman–Crippen LogP) is 21.7. The molecule has 0 saturated carbocycles. The van der Waals surface area contributed by atoms with Crippen LogP contribution < -0.4 is 0 Å². The van der Waals surface area contributed by atoms with Crippen LogP contribution in [-0.2, 0) is 0 Å². The zero-order valence-electron chi connectivity index (χ0n) is 52.8. The van der Waals surface area contributed by atoms with Gasteiger partial charge in [0.05, 0.1) is 54.1 Å². The summed E-state index contributed by atoms with van der Waals surface area (Å²) in [5.74, 6) is 0. The van der Waals surface area contributed by atoms with Crippen molar-refractivity contribution >= 4 is 61.4 Å². The number of nitrogens with zero attached hydrogens (tertiary/aromatic N) is 5. The van der Waals surface area contributed by atoms with Crippen LogP contribution >= 0.6 is 0 Å². The zero-order chi connectivity index (χ0) is 67.1. The number of non-ortho nitro benzene ring substituents is 3. The monoisotopic (exact) mass is 1280 g/mol. The molecule has 0 saturated heterocycles. The van der Waals surface area contributed by atoms with E-state index in [1.165, 1.54) is 36.4 Å². The van der Waals surface area contributed by atoms with E-state index in [0.29, 0.717) is 83.8 Å². The molecule has 0 spiro atoms. The number of H-pyrrole nitrogens is 2. The van der Waals surface area contributed by atoms with Crippen molar-refractivity contribution in [2.24, 2.45) is 0 Å². The lowest BCUT2D eigenvalue weighted by Crippen LogP contribution is -1.95. The minimum Gasteiger partial charge on any atom is -0.354 e. The van der Waals surface area contributed by atoms with Crippen LogP contribution in [0.3, 0.4) is 0 Å². The van der Waals surface area contributed by atoms with Gasteiger partial charge in [-0.3, -0.25) is 30.3 Å². The van der Waals surface area contributed by atoms with Gasteiger partial charge in [-0.2, -0.15) is 0 Å². The van der Waals surface area contributed by atoms with E-state index in [4.69, 9.17) is 9.97 Å². The molecule has 2 aliphatic heterocycles. The van der Waals surface area contributed by atoms with E-state index in [2.05, 4.69) is 113 Å². The molecular weight excluding hydrogens is 1230 g/mol. The molecular formula is C86H55N7O6. The Bertz CT molecular complexity index is 5680. The number of nitrogens with one attached hydrogen (secondary N) is 2. The maximum atomic E-state index is 12.9. The predicted molar refractivity (Wildman–Crippen MR) is 395 cm³/mol. The highest BCUT2D eigenvalue weighted by Crippen LogP contribution is 2.54. The average molecular weight is 1280 g/mol. The normalized spacial score (nSPS) is 12.0. The standard InChI is InChI=1S/C86H55N7O6/c94-91(95)65-47-41-62(42-48-65)78-81-72(56-29-13-3-14-30-56)70(54-25-9-1-10-26-54)68(87-81)53-69-71(55-27-11-2-12-28-55)73(57-31-15-4-16-32-57)82(88-69)79(63-43-49-66(50-44-63)92(96)97)84-75(59-35-19-6-20-36-59)77(61-39-23-8-24-40-61)86(90-84)80(64-45-51-67(52-46-64)93(98)99)85-76(60-37-21-7-22-38-60)74(83(78)89-85)58-33-17-5-18-34-58/h1-53,87,90H. The Morgan fingerprint density at radius 2 is 0.465 bits per heavy atom. The zero-order valence-corrected chi connectivity index (χ0v) is 52.8. The maximum Gasteiger partial charge on any atom is 0.269 e. The quantitative estimate of drug-likeness (QED) is 0.0795. The van der Waals surface area contributed by atoms with Crippen molar-refractivity contribution in [1.82, 2.24) is 19.9 Å². The van der Waals surface area contributed by atoms with Gasteiger partial charge in [-0.15, -0.1) is 0 Å². The Morgan fingerprint density at radius 3 is 0.768 bits per heavy atom. The minimum absolute atomic E-state index is 0.101. The van der Waals surface area contributed by atoms with Gasteiger partial charge in [0, 0.05) is 103 Å². The number of rotatable bonds is 14. The van der Waals surface area contributed by atoms with Gasteiger partial charge in [0.2, 0.25) is 0 Å². The molecule has 99 heavy (non-hydrogen) atoms. The molecule has 13 heteroatoms. The summed E-state index contributed by atoms with van der Waals surface area (Å²) in [6.07, 6.45) is 0. The number of nitro benzene ring substituents is 3. The first-order valence-electron chi connectivity index (χ1n) is 32.2. The molecule has 0 unspecified atom stereocenters. The summed E-state index contributed by atoms with van der Waals surface area (Å²) in [5.41, 5.74) is 20.7. The van der Waals surface area contributed by atoms with Gasteiger partial charge in [-0.25, -0.2) is 9.97 Å². The lowest BCUT2D eigenvalue weighted by atomic mass is 9.86. The molecule has 0 fully saturated rings. The topological polar surface area (TPSA) is 187 Å². The lowest BCUT2D eigenvalue weighted by Gasteiger charge is -2.15. The Morgan fingerprint density at radius 1 is 0.232 bits per heavy atom. The van der Waals surface area contributed by atoms with Gasteiger partial charge in [-0.05, 0) is 104 Å². The summed E-state index contributed by atoms with van der Waals surface area (Å²) in [4.78, 5) is 57.8. The van der Waals surface area contributed by atoms with Crippen LogP contribution in [0.1, 0.15) is 45.0 Å². The number of aromatic nitrogens is 4. The Hall–Kier alpha value is -13.8. The summed E-state index contributed by atoms with van der Waals surface area (Å²) in [6, 6.07) is 103. The van der Waals surface area contributed by atoms with Crippen molar-refractivity contribution in [3.63, 3.8) is 0 Å². The van der Waals surface area contributed by atoms with Crippen molar-refractivity contribution in [2.75, 3.05) is 0 Å². The molecule has 14 aromatic rings.